The third-order valence-corrected chi connectivity index (χ3v) is 9.01. The van der Waals surface area contributed by atoms with Crippen LogP contribution >= 0.6 is 0 Å². The molecule has 6 rings (SSSR count). The number of allylic oxidation sites excluding steroid dienone is 1. The van der Waals surface area contributed by atoms with Gasteiger partial charge >= 0.3 is 0 Å². The molecule has 192 valence electrons. The highest BCUT2D eigenvalue weighted by atomic mass is 16.3. The minimum atomic E-state index is 0.361. The van der Waals surface area contributed by atoms with Gasteiger partial charge in [-0.05, 0) is 127 Å². The lowest BCUT2D eigenvalue weighted by atomic mass is 9.73. The van der Waals surface area contributed by atoms with Gasteiger partial charge in [0.25, 0.3) is 0 Å². The van der Waals surface area contributed by atoms with Crippen LogP contribution in [-0.4, -0.2) is 31.3 Å². The summed E-state index contributed by atoms with van der Waals surface area (Å²) in [6, 6.07) is 26.1. The second-order valence-corrected chi connectivity index (χ2v) is 11.4. The Kier molecular flexibility index (Phi) is 7.06. The topological polar surface area (TPSA) is 35.5 Å². The SMILES string of the molecule is Oc1ccc2c(c1)CCCC(c1ccccc1)=C2c1ccc(N2CCCC3(CCCNC3)CCC2)cc1. The van der Waals surface area contributed by atoms with Gasteiger partial charge in [0.2, 0.25) is 0 Å². The number of anilines is 1. The maximum Gasteiger partial charge on any atom is 0.115 e. The predicted molar refractivity (Wildman–Crippen MR) is 155 cm³/mol. The summed E-state index contributed by atoms with van der Waals surface area (Å²) in [4.78, 5) is 2.61. The fraction of sp³-hybridized carbons (Fsp3) is 0.412. The van der Waals surface area contributed by atoms with E-state index in [0.717, 1.165) is 32.4 Å². The first-order valence-electron chi connectivity index (χ1n) is 14.4. The summed E-state index contributed by atoms with van der Waals surface area (Å²) in [5, 5.41) is 13.9. The first-order chi connectivity index (χ1) is 18.2. The Morgan fingerprint density at radius 1 is 0.730 bits per heavy atom. The minimum absolute atomic E-state index is 0.361. The summed E-state index contributed by atoms with van der Waals surface area (Å²) >= 11 is 0. The molecule has 3 aliphatic rings. The highest BCUT2D eigenvalue weighted by molar-refractivity contribution is 6.00. The molecule has 2 heterocycles. The number of aryl methyl sites for hydroxylation is 1. The molecule has 0 radical (unpaired) electrons. The van der Waals surface area contributed by atoms with Crippen molar-refractivity contribution in [1.82, 2.24) is 5.32 Å². The number of benzene rings is 3. The van der Waals surface area contributed by atoms with Gasteiger partial charge in [0.05, 0.1) is 0 Å². The summed E-state index contributed by atoms with van der Waals surface area (Å²) in [7, 11) is 0. The third kappa shape index (κ3) is 5.20. The molecule has 2 saturated heterocycles. The number of nitrogens with zero attached hydrogens (tertiary/aromatic N) is 1. The Morgan fingerprint density at radius 3 is 2.22 bits per heavy atom. The van der Waals surface area contributed by atoms with Crippen molar-refractivity contribution in [2.24, 2.45) is 5.41 Å². The number of hydrogen-bond donors (Lipinski definition) is 2. The summed E-state index contributed by atoms with van der Waals surface area (Å²) in [5.74, 6) is 0.361. The van der Waals surface area contributed by atoms with Crippen LogP contribution in [0.2, 0.25) is 0 Å². The quantitative estimate of drug-likeness (QED) is 0.399. The van der Waals surface area contributed by atoms with E-state index in [2.05, 4.69) is 70.9 Å². The molecule has 0 saturated carbocycles. The highest BCUT2D eigenvalue weighted by Gasteiger charge is 2.32. The maximum absolute atomic E-state index is 10.2. The lowest BCUT2D eigenvalue weighted by Crippen LogP contribution is -2.42. The van der Waals surface area contributed by atoms with Crippen LogP contribution in [0.5, 0.6) is 5.75 Å². The maximum atomic E-state index is 10.2. The number of nitrogens with one attached hydrogen (secondary N) is 1. The summed E-state index contributed by atoms with van der Waals surface area (Å²) < 4.78 is 0. The lowest BCUT2D eigenvalue weighted by molar-refractivity contribution is 0.163. The molecule has 0 amide bonds. The zero-order valence-electron chi connectivity index (χ0n) is 22.0. The molecule has 1 aliphatic carbocycles. The molecule has 3 nitrogen and oxygen atoms in total. The van der Waals surface area contributed by atoms with E-state index in [1.54, 1.807) is 0 Å². The molecule has 0 aromatic heterocycles. The van der Waals surface area contributed by atoms with Crippen molar-refractivity contribution in [1.29, 1.82) is 0 Å². The second-order valence-electron chi connectivity index (χ2n) is 11.4. The van der Waals surface area contributed by atoms with Crippen LogP contribution < -0.4 is 10.2 Å². The third-order valence-electron chi connectivity index (χ3n) is 9.01. The number of phenolic OH excluding ortho intramolecular Hbond substituents is 1. The fourth-order valence-electron chi connectivity index (χ4n) is 7.11. The Morgan fingerprint density at radius 2 is 1.49 bits per heavy atom. The normalized spacial score (nSPS) is 20.2. The van der Waals surface area contributed by atoms with Crippen LogP contribution in [0.3, 0.4) is 0 Å². The van der Waals surface area contributed by atoms with Gasteiger partial charge in [0.1, 0.15) is 5.75 Å². The van der Waals surface area contributed by atoms with Crippen LogP contribution in [-0.2, 0) is 6.42 Å². The zero-order valence-corrected chi connectivity index (χ0v) is 22.0. The smallest absolute Gasteiger partial charge is 0.115 e. The molecule has 3 aromatic rings. The number of fused-ring (bicyclic) bond motifs is 1. The summed E-state index contributed by atoms with van der Waals surface area (Å²) in [5.41, 5.74) is 9.73. The molecule has 1 spiro atoms. The lowest BCUT2D eigenvalue weighted by Gasteiger charge is -2.41. The molecule has 3 aromatic carbocycles. The van der Waals surface area contributed by atoms with Crippen LogP contribution in [0.4, 0.5) is 5.69 Å². The van der Waals surface area contributed by atoms with Gasteiger partial charge in [-0.2, -0.15) is 0 Å². The molecular weight excluding hydrogens is 452 g/mol. The van der Waals surface area contributed by atoms with E-state index in [4.69, 9.17) is 0 Å². The van der Waals surface area contributed by atoms with Gasteiger partial charge in [-0.15, -0.1) is 0 Å². The van der Waals surface area contributed by atoms with Crippen molar-refractivity contribution in [3.05, 3.63) is 95.1 Å². The van der Waals surface area contributed by atoms with E-state index in [1.165, 1.54) is 90.7 Å². The molecule has 2 aliphatic heterocycles. The van der Waals surface area contributed by atoms with Crippen molar-refractivity contribution >= 4 is 16.8 Å². The van der Waals surface area contributed by atoms with Crippen molar-refractivity contribution < 1.29 is 5.11 Å². The van der Waals surface area contributed by atoms with Crippen molar-refractivity contribution in [3.8, 4) is 5.75 Å². The summed E-state index contributed by atoms with van der Waals surface area (Å²) in [6.07, 6.45) is 11.1. The number of hydrogen-bond acceptors (Lipinski definition) is 3. The number of piperidine rings is 1. The van der Waals surface area contributed by atoms with Crippen LogP contribution in [0, 0.1) is 5.41 Å². The van der Waals surface area contributed by atoms with E-state index < -0.39 is 0 Å². The first-order valence-corrected chi connectivity index (χ1v) is 14.4. The Hall–Kier alpha value is -3.04. The number of phenols is 1. The fourth-order valence-corrected chi connectivity index (χ4v) is 7.11. The molecule has 0 bridgehead atoms. The van der Waals surface area contributed by atoms with E-state index in [0.29, 0.717) is 11.2 Å². The molecule has 0 unspecified atom stereocenters. The van der Waals surface area contributed by atoms with E-state index in [9.17, 15) is 5.11 Å². The standard InChI is InChI=1S/C34H40N2O/c37-30-16-17-32-28(24-30)10-4-11-31(26-8-2-1-3-9-26)33(32)27-12-14-29(15-13-27)36-22-6-19-34(20-7-23-36)18-5-21-35-25-34/h1-3,8-9,12-17,24,35,37H,4-7,10-11,18-23,25H2. The predicted octanol–water partition coefficient (Wildman–Crippen LogP) is 7.44. The van der Waals surface area contributed by atoms with Gasteiger partial charge in [-0.3, -0.25) is 0 Å². The van der Waals surface area contributed by atoms with Crippen LogP contribution in [0.25, 0.3) is 11.1 Å². The van der Waals surface area contributed by atoms with E-state index >= 15 is 0 Å². The van der Waals surface area contributed by atoms with Crippen LogP contribution in [0.15, 0.2) is 72.8 Å². The molecular formula is C34H40N2O. The van der Waals surface area contributed by atoms with Crippen molar-refractivity contribution in [2.45, 2.75) is 57.8 Å². The molecule has 2 fully saturated rings. The Labute approximate surface area is 222 Å². The zero-order chi connectivity index (χ0) is 25.1. The van der Waals surface area contributed by atoms with Gasteiger partial charge in [-0.1, -0.05) is 48.5 Å². The highest BCUT2D eigenvalue weighted by Crippen LogP contribution is 2.42. The van der Waals surface area contributed by atoms with E-state index in [1.807, 2.05) is 12.1 Å². The average molecular weight is 493 g/mol. The molecule has 0 atom stereocenters. The number of aromatic hydroxyl groups is 1. The monoisotopic (exact) mass is 492 g/mol. The van der Waals surface area contributed by atoms with Gasteiger partial charge in [0, 0.05) is 25.3 Å². The van der Waals surface area contributed by atoms with Crippen LogP contribution in [0.1, 0.15) is 73.6 Å². The number of rotatable bonds is 3. The van der Waals surface area contributed by atoms with Crippen molar-refractivity contribution in [2.75, 3.05) is 31.1 Å². The Bertz CT molecular complexity index is 1230. The second kappa shape index (κ2) is 10.8. The van der Waals surface area contributed by atoms with Gasteiger partial charge in [0.15, 0.2) is 0 Å². The summed E-state index contributed by atoms with van der Waals surface area (Å²) in [6.45, 7) is 4.73. The largest absolute Gasteiger partial charge is 0.508 e. The Balaban J connectivity index is 1.30. The molecule has 3 heteroatoms. The van der Waals surface area contributed by atoms with Gasteiger partial charge < -0.3 is 15.3 Å². The minimum Gasteiger partial charge on any atom is -0.508 e. The molecule has 37 heavy (non-hydrogen) atoms. The van der Waals surface area contributed by atoms with E-state index in [-0.39, 0.29) is 0 Å². The van der Waals surface area contributed by atoms with Crippen molar-refractivity contribution in [3.63, 3.8) is 0 Å². The van der Waals surface area contributed by atoms with Gasteiger partial charge in [-0.25, -0.2) is 0 Å². The first kappa shape index (κ1) is 24.3. The average Bonchev–Trinajstić information content (AvgIpc) is 3.11. The molecule has 2 N–H and O–H groups in total.